The lowest BCUT2D eigenvalue weighted by molar-refractivity contribution is 0.0973. The number of H-pyrrole nitrogens is 1. The molecule has 3 N–H and O–H groups in total. The van der Waals surface area contributed by atoms with Crippen LogP contribution in [0, 0.1) is 5.41 Å². The maximum Gasteiger partial charge on any atom is 0.266 e. The summed E-state index contributed by atoms with van der Waals surface area (Å²) in [5, 5.41) is 8.10. The zero-order valence-corrected chi connectivity index (χ0v) is 19.1. The number of aromatic nitrogens is 4. The number of ether oxygens (including phenoxy) is 2. The third-order valence-corrected chi connectivity index (χ3v) is 7.50. The van der Waals surface area contributed by atoms with Crippen LogP contribution in [0.3, 0.4) is 0 Å². The Morgan fingerprint density at radius 1 is 1.34 bits per heavy atom. The lowest BCUT2D eigenvalue weighted by Gasteiger charge is -2.41. The Bertz CT molecular complexity index is 1230. The van der Waals surface area contributed by atoms with Crippen LogP contribution in [0.1, 0.15) is 19.8 Å². The van der Waals surface area contributed by atoms with Crippen molar-refractivity contribution in [3.8, 4) is 17.0 Å². The molecule has 0 unspecified atom stereocenters. The van der Waals surface area contributed by atoms with Crippen LogP contribution in [-0.4, -0.2) is 58.7 Å². The van der Waals surface area contributed by atoms with Gasteiger partial charge in [0.2, 0.25) is 5.95 Å². The highest BCUT2D eigenvalue weighted by Crippen LogP contribution is 2.42. The van der Waals surface area contributed by atoms with E-state index in [9.17, 15) is 4.79 Å². The van der Waals surface area contributed by atoms with E-state index < -0.39 is 0 Å². The Balaban J connectivity index is 1.50. The van der Waals surface area contributed by atoms with Crippen LogP contribution in [-0.2, 0) is 11.8 Å². The van der Waals surface area contributed by atoms with E-state index in [4.69, 9.17) is 31.8 Å². The van der Waals surface area contributed by atoms with Gasteiger partial charge in [0, 0.05) is 37.2 Å². The minimum absolute atomic E-state index is 0.00149. The molecule has 5 rings (SSSR count). The highest BCUT2D eigenvalue weighted by atomic mass is 35.5. The van der Waals surface area contributed by atoms with E-state index >= 15 is 0 Å². The molecule has 9 nitrogen and oxygen atoms in total. The second-order valence-corrected chi connectivity index (χ2v) is 9.16. The summed E-state index contributed by atoms with van der Waals surface area (Å²) < 4.78 is 12.7. The number of halogens is 1. The van der Waals surface area contributed by atoms with Crippen LogP contribution in [0.15, 0.2) is 23.0 Å². The van der Waals surface area contributed by atoms with Crippen LogP contribution in [0.4, 0.5) is 5.95 Å². The van der Waals surface area contributed by atoms with Crippen molar-refractivity contribution in [2.75, 3.05) is 31.7 Å². The van der Waals surface area contributed by atoms with Gasteiger partial charge in [-0.3, -0.25) is 14.5 Å². The van der Waals surface area contributed by atoms with Crippen molar-refractivity contribution in [1.29, 1.82) is 0 Å². The summed E-state index contributed by atoms with van der Waals surface area (Å²) in [6.45, 7) is 4.25. The summed E-state index contributed by atoms with van der Waals surface area (Å²) in [6, 6.07) is 5.44. The first-order valence-electron chi connectivity index (χ1n) is 10.8. The monoisotopic (exact) mass is 458 g/mol. The van der Waals surface area contributed by atoms with Crippen molar-refractivity contribution >= 4 is 28.6 Å². The maximum atomic E-state index is 13.4. The Morgan fingerprint density at radius 2 is 2.09 bits per heavy atom. The number of aromatic amines is 1. The van der Waals surface area contributed by atoms with Crippen molar-refractivity contribution in [2.24, 2.45) is 18.2 Å². The molecule has 4 heterocycles. The van der Waals surface area contributed by atoms with Gasteiger partial charge < -0.3 is 20.1 Å². The number of hydrogen-bond donors (Lipinski definition) is 2. The van der Waals surface area contributed by atoms with Crippen molar-refractivity contribution in [2.45, 2.75) is 31.9 Å². The molecule has 2 aromatic heterocycles. The molecule has 0 radical (unpaired) electrons. The van der Waals surface area contributed by atoms with E-state index in [0.29, 0.717) is 45.6 Å². The molecule has 0 saturated carbocycles. The highest BCUT2D eigenvalue weighted by Gasteiger charge is 2.47. The fourth-order valence-corrected chi connectivity index (χ4v) is 5.31. The number of rotatable bonds is 3. The molecule has 2 aliphatic rings. The fourth-order valence-electron chi connectivity index (χ4n) is 5.01. The second kappa shape index (κ2) is 7.75. The summed E-state index contributed by atoms with van der Waals surface area (Å²) in [4.78, 5) is 20.2. The Labute approximate surface area is 190 Å². The Hall–Kier alpha value is -2.62. The number of anilines is 1. The number of hydrogen-bond acceptors (Lipinski definition) is 7. The van der Waals surface area contributed by atoms with Gasteiger partial charge in [-0.2, -0.15) is 10.1 Å². The average molecular weight is 459 g/mol. The molecule has 2 aliphatic heterocycles. The summed E-state index contributed by atoms with van der Waals surface area (Å²) in [5.41, 5.74) is 7.81. The van der Waals surface area contributed by atoms with Gasteiger partial charge in [0.25, 0.3) is 5.56 Å². The van der Waals surface area contributed by atoms with Gasteiger partial charge >= 0.3 is 0 Å². The van der Waals surface area contributed by atoms with E-state index in [0.717, 1.165) is 25.9 Å². The third kappa shape index (κ3) is 3.10. The molecule has 3 aromatic rings. The highest BCUT2D eigenvalue weighted by molar-refractivity contribution is 6.35. The van der Waals surface area contributed by atoms with Gasteiger partial charge in [0.15, 0.2) is 5.65 Å². The van der Waals surface area contributed by atoms with Crippen LogP contribution in [0.5, 0.6) is 5.75 Å². The minimum atomic E-state index is -0.178. The molecule has 0 amide bonds. The van der Waals surface area contributed by atoms with Crippen molar-refractivity contribution in [1.82, 2.24) is 19.7 Å². The van der Waals surface area contributed by atoms with Crippen LogP contribution in [0.25, 0.3) is 22.3 Å². The largest absolute Gasteiger partial charge is 0.495 e. The number of methoxy groups -OCH3 is 1. The zero-order valence-electron chi connectivity index (χ0n) is 18.4. The smallest absolute Gasteiger partial charge is 0.266 e. The summed E-state index contributed by atoms with van der Waals surface area (Å²) in [5.74, 6) is 1.13. The third-order valence-electron chi connectivity index (χ3n) is 7.11. The first kappa shape index (κ1) is 21.2. The van der Waals surface area contributed by atoms with E-state index in [-0.39, 0.29) is 23.1 Å². The summed E-state index contributed by atoms with van der Waals surface area (Å²) >= 11 is 6.50. The van der Waals surface area contributed by atoms with Crippen LogP contribution < -0.4 is 20.9 Å². The number of fused-ring (bicyclic) bond motifs is 1. The lowest BCUT2D eigenvalue weighted by atomic mass is 9.73. The number of nitrogens with two attached hydrogens (primary N) is 1. The lowest BCUT2D eigenvalue weighted by Crippen LogP contribution is -2.51. The quantitative estimate of drug-likeness (QED) is 0.619. The Morgan fingerprint density at radius 3 is 2.75 bits per heavy atom. The molecule has 2 atom stereocenters. The van der Waals surface area contributed by atoms with Gasteiger partial charge in [-0.15, -0.1) is 0 Å². The summed E-state index contributed by atoms with van der Waals surface area (Å²) in [7, 11) is 3.29. The maximum absolute atomic E-state index is 13.4. The van der Waals surface area contributed by atoms with Gasteiger partial charge in [-0.1, -0.05) is 23.7 Å². The molecule has 10 heteroatoms. The standard InChI is InChI=1S/C22H27ClN6O3/c1-12-18(24)22(11-32-12)7-9-29(10-8-22)21-25-19-15(20(30)28(21)2)17(26-27-19)13-5-4-6-14(31-3)16(13)23/h4-6,12,18H,7-11,24H2,1-3H3,(H,26,27)/t12-,18+/m0/s1. The minimum Gasteiger partial charge on any atom is -0.495 e. The fraction of sp³-hybridized carbons (Fsp3) is 0.500. The SMILES string of the molecule is COc1cccc(-c2[nH]nc3nc(N4CCC5(CC4)CO[C@@H](C)[C@H]5N)n(C)c(=O)c23)c1Cl. The predicted molar refractivity (Wildman–Crippen MR) is 123 cm³/mol. The van der Waals surface area contributed by atoms with E-state index in [1.165, 1.54) is 0 Å². The van der Waals surface area contributed by atoms with Gasteiger partial charge in [-0.25, -0.2) is 0 Å². The molecule has 32 heavy (non-hydrogen) atoms. The number of nitrogens with zero attached hydrogens (tertiary/aromatic N) is 4. The molecular weight excluding hydrogens is 432 g/mol. The van der Waals surface area contributed by atoms with Crippen LogP contribution in [0.2, 0.25) is 5.02 Å². The second-order valence-electron chi connectivity index (χ2n) is 8.79. The molecule has 2 saturated heterocycles. The molecule has 2 fully saturated rings. The van der Waals surface area contributed by atoms with E-state index in [1.54, 1.807) is 24.8 Å². The number of piperidine rings is 1. The van der Waals surface area contributed by atoms with Crippen molar-refractivity contribution in [3.05, 3.63) is 33.6 Å². The molecule has 1 aromatic carbocycles. The average Bonchev–Trinajstić information content (AvgIpc) is 3.34. The zero-order chi connectivity index (χ0) is 22.6. The first-order chi connectivity index (χ1) is 15.4. The topological polar surface area (TPSA) is 111 Å². The molecule has 170 valence electrons. The Kier molecular flexibility index (Phi) is 5.15. The van der Waals surface area contributed by atoms with Crippen molar-refractivity contribution in [3.63, 3.8) is 0 Å². The van der Waals surface area contributed by atoms with Crippen molar-refractivity contribution < 1.29 is 9.47 Å². The molecule has 0 bridgehead atoms. The summed E-state index contributed by atoms with van der Waals surface area (Å²) in [6.07, 6.45) is 1.88. The van der Waals surface area contributed by atoms with Gasteiger partial charge in [0.05, 0.1) is 30.5 Å². The first-order valence-corrected chi connectivity index (χ1v) is 11.1. The van der Waals surface area contributed by atoms with Gasteiger partial charge in [-0.05, 0) is 25.8 Å². The van der Waals surface area contributed by atoms with Crippen LogP contribution >= 0.6 is 11.6 Å². The predicted octanol–water partition coefficient (Wildman–Crippen LogP) is 2.32. The number of benzene rings is 1. The molecule has 0 aliphatic carbocycles. The normalized spacial score (nSPS) is 22.7. The van der Waals surface area contributed by atoms with E-state index in [2.05, 4.69) is 15.1 Å². The molecular formula is C22H27ClN6O3. The van der Waals surface area contributed by atoms with E-state index in [1.807, 2.05) is 19.1 Å². The molecule has 1 spiro atoms. The van der Waals surface area contributed by atoms with Gasteiger partial charge in [0.1, 0.15) is 11.1 Å². The number of nitrogens with one attached hydrogen (secondary N) is 1.